The van der Waals surface area contributed by atoms with E-state index >= 15 is 0 Å². The molecule has 0 saturated carbocycles. The van der Waals surface area contributed by atoms with Gasteiger partial charge >= 0.3 is 0 Å². The molecule has 1 atom stereocenters. The monoisotopic (exact) mass is 367 g/mol. The van der Waals surface area contributed by atoms with E-state index in [0.29, 0.717) is 6.54 Å². The van der Waals surface area contributed by atoms with Crippen LogP contribution in [0.3, 0.4) is 0 Å². The van der Waals surface area contributed by atoms with E-state index in [9.17, 15) is 5.11 Å². The summed E-state index contributed by atoms with van der Waals surface area (Å²) < 4.78 is 11.7. The summed E-state index contributed by atoms with van der Waals surface area (Å²) in [4.78, 5) is 4.60. The van der Waals surface area contributed by atoms with Crippen LogP contribution in [0.4, 0.5) is 0 Å². The predicted molar refractivity (Wildman–Crippen MR) is 109 cm³/mol. The third kappa shape index (κ3) is 4.51. The first-order valence-electron chi connectivity index (χ1n) is 9.51. The van der Waals surface area contributed by atoms with Gasteiger partial charge in [-0.25, -0.2) is 0 Å². The van der Waals surface area contributed by atoms with Gasteiger partial charge in [-0.3, -0.25) is 4.99 Å². The van der Waals surface area contributed by atoms with Gasteiger partial charge in [-0.15, -0.1) is 0 Å². The zero-order valence-electron chi connectivity index (χ0n) is 16.4. The number of methoxy groups -OCH3 is 1. The Kier molecular flexibility index (Phi) is 5.85. The summed E-state index contributed by atoms with van der Waals surface area (Å²) in [5.74, 6) is 1.19. The lowest BCUT2D eigenvalue weighted by molar-refractivity contribution is -0.0839. The van der Waals surface area contributed by atoms with Gasteiger partial charge in [0.05, 0.1) is 12.7 Å². The van der Waals surface area contributed by atoms with Crippen LogP contribution < -0.4 is 4.74 Å². The van der Waals surface area contributed by atoms with Gasteiger partial charge in [0.1, 0.15) is 11.5 Å². The van der Waals surface area contributed by atoms with Crippen LogP contribution in [0, 0.1) is 0 Å². The Balaban J connectivity index is 1.84. The molecule has 0 amide bonds. The molecule has 1 aliphatic heterocycles. The molecule has 27 heavy (non-hydrogen) atoms. The highest BCUT2D eigenvalue weighted by Gasteiger charge is 2.43. The number of hydrogen-bond acceptors (Lipinski definition) is 4. The van der Waals surface area contributed by atoms with Gasteiger partial charge in [-0.2, -0.15) is 0 Å². The van der Waals surface area contributed by atoms with Crippen molar-refractivity contribution in [3.05, 3.63) is 59.7 Å². The van der Waals surface area contributed by atoms with Gasteiger partial charge in [0, 0.05) is 35.9 Å². The molecule has 2 aromatic carbocycles. The summed E-state index contributed by atoms with van der Waals surface area (Å²) in [6, 6.07) is 15.6. The van der Waals surface area contributed by atoms with Crippen LogP contribution in [0.15, 0.2) is 53.5 Å². The maximum absolute atomic E-state index is 9.90. The molecule has 2 aromatic rings. The first-order valence-corrected chi connectivity index (χ1v) is 9.51. The molecule has 0 aliphatic carbocycles. The molecule has 1 N–H and O–H groups in total. The van der Waals surface area contributed by atoms with E-state index < -0.39 is 0 Å². The van der Waals surface area contributed by atoms with Crippen LogP contribution in [0.2, 0.25) is 0 Å². The van der Waals surface area contributed by atoms with Gasteiger partial charge in [0.2, 0.25) is 0 Å². The molecular weight excluding hydrogens is 338 g/mol. The van der Waals surface area contributed by atoms with Crippen molar-refractivity contribution in [3.8, 4) is 11.5 Å². The summed E-state index contributed by atoms with van der Waals surface area (Å²) >= 11 is 0. The Morgan fingerprint density at radius 2 is 1.89 bits per heavy atom. The molecule has 4 nitrogen and oxygen atoms in total. The number of phenols is 1. The van der Waals surface area contributed by atoms with Crippen LogP contribution in [0.5, 0.6) is 11.5 Å². The normalized spacial score (nSPS) is 22.0. The minimum Gasteiger partial charge on any atom is -0.507 e. The van der Waals surface area contributed by atoms with E-state index in [1.165, 1.54) is 5.56 Å². The molecule has 1 saturated heterocycles. The van der Waals surface area contributed by atoms with Crippen molar-refractivity contribution in [2.75, 3.05) is 20.3 Å². The lowest BCUT2D eigenvalue weighted by Gasteiger charge is -2.45. The van der Waals surface area contributed by atoms with E-state index in [0.717, 1.165) is 37.2 Å². The Hall–Kier alpha value is -2.33. The number of rotatable bonds is 6. The van der Waals surface area contributed by atoms with Crippen LogP contribution >= 0.6 is 0 Å². The molecule has 0 aromatic heterocycles. The quantitative estimate of drug-likeness (QED) is 0.751. The molecule has 0 bridgehead atoms. The van der Waals surface area contributed by atoms with Crippen molar-refractivity contribution in [1.29, 1.82) is 0 Å². The minimum atomic E-state index is -0.180. The number of ether oxygens (including phenoxy) is 2. The largest absolute Gasteiger partial charge is 0.507 e. The number of aromatic hydroxyl groups is 1. The third-order valence-electron chi connectivity index (χ3n) is 5.40. The zero-order valence-corrected chi connectivity index (χ0v) is 16.4. The Labute approximate surface area is 161 Å². The van der Waals surface area contributed by atoms with Gasteiger partial charge in [0.15, 0.2) is 0 Å². The highest BCUT2D eigenvalue weighted by molar-refractivity contribution is 5.83. The summed E-state index contributed by atoms with van der Waals surface area (Å²) in [6.07, 6.45) is 4.54. The fourth-order valence-electron chi connectivity index (χ4n) is 4.18. The minimum absolute atomic E-state index is 0.0373. The van der Waals surface area contributed by atoms with Crippen LogP contribution in [0.1, 0.15) is 44.2 Å². The first-order chi connectivity index (χ1) is 13.0. The van der Waals surface area contributed by atoms with E-state index in [4.69, 9.17) is 9.47 Å². The van der Waals surface area contributed by atoms with Crippen LogP contribution in [-0.4, -0.2) is 37.2 Å². The number of aliphatic imine (C=N–C) groups is 1. The second-order valence-electron chi connectivity index (χ2n) is 7.86. The van der Waals surface area contributed by atoms with E-state index in [1.807, 2.05) is 30.3 Å². The van der Waals surface area contributed by atoms with Crippen molar-refractivity contribution in [3.63, 3.8) is 0 Å². The van der Waals surface area contributed by atoms with Crippen molar-refractivity contribution in [1.82, 2.24) is 0 Å². The first kappa shape index (κ1) is 19.4. The SMILES string of the molecule is COc1ccccc1[C@]1(CCN=Cc2ccccc2O)CCOC(C)(C)C1. The van der Waals surface area contributed by atoms with Crippen molar-refractivity contribution in [2.24, 2.45) is 4.99 Å². The number of para-hydroxylation sites is 2. The number of hydrogen-bond donors (Lipinski definition) is 1. The number of benzene rings is 2. The van der Waals surface area contributed by atoms with Gasteiger partial charge in [-0.05, 0) is 51.3 Å². The zero-order chi connectivity index (χ0) is 19.3. The van der Waals surface area contributed by atoms with Gasteiger partial charge in [-0.1, -0.05) is 30.3 Å². The predicted octanol–water partition coefficient (Wildman–Crippen LogP) is 4.74. The Morgan fingerprint density at radius 1 is 1.15 bits per heavy atom. The third-order valence-corrected chi connectivity index (χ3v) is 5.40. The molecule has 4 heteroatoms. The standard InChI is InChI=1S/C23H29NO3/c1-22(2)17-23(13-15-27-22,19-9-5-7-11-21(19)26-3)12-14-24-16-18-8-4-6-10-20(18)25/h4-11,16,25H,12-15,17H2,1-3H3/t23-/m1/s1. The number of phenolic OH excluding ortho intramolecular Hbond substituents is 1. The lowest BCUT2D eigenvalue weighted by Crippen LogP contribution is -2.44. The molecule has 1 aliphatic rings. The summed E-state index contributed by atoms with van der Waals surface area (Å²) in [7, 11) is 1.73. The Morgan fingerprint density at radius 3 is 2.63 bits per heavy atom. The lowest BCUT2D eigenvalue weighted by atomic mass is 9.67. The maximum atomic E-state index is 9.90. The summed E-state index contributed by atoms with van der Waals surface area (Å²) in [5.41, 5.74) is 1.77. The summed E-state index contributed by atoms with van der Waals surface area (Å²) in [5, 5.41) is 9.90. The molecule has 1 heterocycles. The van der Waals surface area contributed by atoms with Gasteiger partial charge in [0.25, 0.3) is 0 Å². The number of nitrogens with zero attached hydrogens (tertiary/aromatic N) is 1. The van der Waals surface area contributed by atoms with Crippen LogP contribution in [-0.2, 0) is 10.2 Å². The summed E-state index contributed by atoms with van der Waals surface area (Å²) in [6.45, 7) is 5.72. The maximum Gasteiger partial charge on any atom is 0.124 e. The highest BCUT2D eigenvalue weighted by Crippen LogP contribution is 2.47. The molecule has 0 unspecified atom stereocenters. The van der Waals surface area contributed by atoms with Crippen LogP contribution in [0.25, 0.3) is 0 Å². The fraction of sp³-hybridized carbons (Fsp3) is 0.435. The topological polar surface area (TPSA) is 51.0 Å². The van der Waals surface area contributed by atoms with Crippen molar-refractivity contribution in [2.45, 2.75) is 44.1 Å². The second-order valence-corrected chi connectivity index (χ2v) is 7.86. The second kappa shape index (κ2) is 8.13. The molecule has 1 fully saturated rings. The van der Waals surface area contributed by atoms with E-state index in [-0.39, 0.29) is 16.8 Å². The van der Waals surface area contributed by atoms with Crippen molar-refractivity contribution >= 4 is 6.21 Å². The highest BCUT2D eigenvalue weighted by atomic mass is 16.5. The van der Waals surface area contributed by atoms with Gasteiger partial charge < -0.3 is 14.6 Å². The fourth-order valence-corrected chi connectivity index (χ4v) is 4.18. The van der Waals surface area contributed by atoms with E-state index in [2.05, 4.69) is 31.0 Å². The molecule has 0 spiro atoms. The Bertz CT molecular complexity index is 800. The van der Waals surface area contributed by atoms with E-state index in [1.54, 1.807) is 19.4 Å². The molecule has 3 rings (SSSR count). The average Bonchev–Trinajstić information content (AvgIpc) is 2.66. The average molecular weight is 367 g/mol. The molecular formula is C23H29NO3. The molecule has 144 valence electrons. The van der Waals surface area contributed by atoms with Crippen molar-refractivity contribution < 1.29 is 14.6 Å². The molecule has 0 radical (unpaired) electrons. The smallest absolute Gasteiger partial charge is 0.124 e.